The minimum atomic E-state index is 0.0769. The van der Waals surface area contributed by atoms with Crippen LogP contribution in [0.25, 0.3) is 0 Å². The molecule has 3 nitrogen and oxygen atoms in total. The minimum Gasteiger partial charge on any atom is -0.292 e. The molecule has 0 N–H and O–H groups in total. The summed E-state index contributed by atoms with van der Waals surface area (Å²) < 4.78 is 1.64. The fourth-order valence-electron chi connectivity index (χ4n) is 1.23. The van der Waals surface area contributed by atoms with Crippen molar-refractivity contribution < 1.29 is 4.79 Å². The van der Waals surface area contributed by atoms with Crippen molar-refractivity contribution in [3.05, 3.63) is 40.3 Å². The number of hydrogen-bond acceptors (Lipinski definition) is 3. The summed E-state index contributed by atoms with van der Waals surface area (Å²) in [6, 6.07) is 5.66. The molecule has 0 radical (unpaired) electrons. The number of Topliss-reactive ketones (excluding diaryl/α,β-unsaturated/α-hetero) is 1. The van der Waals surface area contributed by atoms with Gasteiger partial charge in [0.1, 0.15) is 5.69 Å². The van der Waals surface area contributed by atoms with Gasteiger partial charge in [-0.1, -0.05) is 6.07 Å². The van der Waals surface area contributed by atoms with Crippen LogP contribution in [-0.4, -0.2) is 15.6 Å². The Bertz CT molecular complexity index is 431. The molecule has 0 aromatic carbocycles. The maximum absolute atomic E-state index is 11.7. The average molecular weight is 206 g/mol. The zero-order valence-electron chi connectivity index (χ0n) is 7.80. The second-order valence-corrected chi connectivity index (χ2v) is 4.09. The van der Waals surface area contributed by atoms with Crippen molar-refractivity contribution in [2.45, 2.75) is 6.42 Å². The highest BCUT2D eigenvalue weighted by molar-refractivity contribution is 7.10. The van der Waals surface area contributed by atoms with Crippen LogP contribution >= 0.6 is 11.3 Å². The van der Waals surface area contributed by atoms with Crippen LogP contribution in [0.5, 0.6) is 0 Å². The molecule has 0 aliphatic rings. The molecule has 0 amide bonds. The van der Waals surface area contributed by atoms with Gasteiger partial charge < -0.3 is 0 Å². The molecule has 0 bridgehead atoms. The quantitative estimate of drug-likeness (QED) is 0.719. The number of carbonyl (C=O) groups excluding carboxylic acids is 1. The van der Waals surface area contributed by atoms with E-state index in [1.54, 1.807) is 28.3 Å². The molecule has 0 atom stereocenters. The molecule has 4 heteroatoms. The molecule has 0 aliphatic heterocycles. The first-order valence-corrected chi connectivity index (χ1v) is 5.19. The van der Waals surface area contributed by atoms with Gasteiger partial charge in [0.15, 0.2) is 5.78 Å². The number of rotatable bonds is 3. The number of hydrogen-bond donors (Lipinski definition) is 0. The van der Waals surface area contributed by atoms with Gasteiger partial charge in [-0.05, 0) is 17.5 Å². The molecule has 0 saturated heterocycles. The van der Waals surface area contributed by atoms with E-state index in [1.807, 2.05) is 24.6 Å². The summed E-state index contributed by atoms with van der Waals surface area (Å²) in [5, 5.41) is 6.04. The SMILES string of the molecule is Cn1ccc(C(=O)Cc2cccs2)n1. The Balaban J connectivity index is 2.10. The summed E-state index contributed by atoms with van der Waals surface area (Å²) in [4.78, 5) is 12.7. The average Bonchev–Trinajstić information content (AvgIpc) is 2.75. The van der Waals surface area contributed by atoms with E-state index in [-0.39, 0.29) is 5.78 Å². The second-order valence-electron chi connectivity index (χ2n) is 3.05. The van der Waals surface area contributed by atoms with Gasteiger partial charge in [0, 0.05) is 24.5 Å². The highest BCUT2D eigenvalue weighted by atomic mass is 32.1. The highest BCUT2D eigenvalue weighted by Crippen LogP contribution is 2.11. The molecule has 72 valence electrons. The predicted molar refractivity (Wildman–Crippen MR) is 55.6 cm³/mol. The van der Waals surface area contributed by atoms with Crippen LogP contribution in [0.2, 0.25) is 0 Å². The van der Waals surface area contributed by atoms with E-state index < -0.39 is 0 Å². The van der Waals surface area contributed by atoms with Gasteiger partial charge in [0.05, 0.1) is 0 Å². The van der Waals surface area contributed by atoms with E-state index in [9.17, 15) is 4.79 Å². The van der Waals surface area contributed by atoms with Crippen molar-refractivity contribution in [2.75, 3.05) is 0 Å². The standard InChI is InChI=1S/C10H10N2OS/c1-12-5-4-9(11-12)10(13)7-8-3-2-6-14-8/h2-6H,7H2,1H3. The molecule has 2 heterocycles. The third-order valence-electron chi connectivity index (χ3n) is 1.91. The van der Waals surface area contributed by atoms with Crippen LogP contribution < -0.4 is 0 Å². The fourth-order valence-corrected chi connectivity index (χ4v) is 1.93. The molecule has 2 rings (SSSR count). The van der Waals surface area contributed by atoms with Crippen LogP contribution in [0.1, 0.15) is 15.4 Å². The van der Waals surface area contributed by atoms with Crippen LogP contribution in [0.3, 0.4) is 0 Å². The number of thiophene rings is 1. The van der Waals surface area contributed by atoms with Gasteiger partial charge in [-0.2, -0.15) is 5.10 Å². The lowest BCUT2D eigenvalue weighted by atomic mass is 10.2. The van der Waals surface area contributed by atoms with E-state index >= 15 is 0 Å². The third kappa shape index (κ3) is 1.90. The smallest absolute Gasteiger partial charge is 0.188 e. The molecule has 0 aliphatic carbocycles. The Morgan fingerprint density at radius 3 is 3.00 bits per heavy atom. The zero-order chi connectivity index (χ0) is 9.97. The summed E-state index contributed by atoms with van der Waals surface area (Å²) in [7, 11) is 1.81. The van der Waals surface area contributed by atoms with Crippen LogP contribution in [0.15, 0.2) is 29.8 Å². The summed E-state index contributed by atoms with van der Waals surface area (Å²) in [6.07, 6.45) is 2.23. The molecule has 2 aromatic heterocycles. The van der Waals surface area contributed by atoms with Crippen molar-refractivity contribution in [3.63, 3.8) is 0 Å². The van der Waals surface area contributed by atoms with Gasteiger partial charge in [-0.3, -0.25) is 9.48 Å². The lowest BCUT2D eigenvalue weighted by Crippen LogP contribution is -2.04. The minimum absolute atomic E-state index is 0.0769. The van der Waals surface area contributed by atoms with Crippen LogP contribution in [0, 0.1) is 0 Å². The Labute approximate surface area is 86.0 Å². The predicted octanol–water partition coefficient (Wildman–Crippen LogP) is 1.91. The first kappa shape index (κ1) is 9.15. The molecule has 2 aromatic rings. The topological polar surface area (TPSA) is 34.9 Å². The normalized spacial score (nSPS) is 10.4. The van der Waals surface area contributed by atoms with Crippen molar-refractivity contribution in [2.24, 2.45) is 7.05 Å². The first-order chi connectivity index (χ1) is 6.75. The van der Waals surface area contributed by atoms with Crippen LogP contribution in [0.4, 0.5) is 0 Å². The molecular formula is C10H10N2OS. The largest absolute Gasteiger partial charge is 0.292 e. The van der Waals surface area contributed by atoms with E-state index in [0.717, 1.165) is 4.88 Å². The van der Waals surface area contributed by atoms with Gasteiger partial charge in [-0.25, -0.2) is 0 Å². The van der Waals surface area contributed by atoms with Crippen LogP contribution in [-0.2, 0) is 13.5 Å². The molecule has 0 spiro atoms. The summed E-state index contributed by atoms with van der Waals surface area (Å²) in [5.41, 5.74) is 0.542. The van der Waals surface area contributed by atoms with Crippen molar-refractivity contribution in [3.8, 4) is 0 Å². The highest BCUT2D eigenvalue weighted by Gasteiger charge is 2.09. The lowest BCUT2D eigenvalue weighted by Gasteiger charge is -1.93. The maximum atomic E-state index is 11.7. The summed E-state index contributed by atoms with van der Waals surface area (Å²) >= 11 is 1.60. The number of ketones is 1. The van der Waals surface area contributed by atoms with Crippen molar-refractivity contribution in [1.82, 2.24) is 9.78 Å². The van der Waals surface area contributed by atoms with Gasteiger partial charge in [0.25, 0.3) is 0 Å². The van der Waals surface area contributed by atoms with Gasteiger partial charge in [0.2, 0.25) is 0 Å². The molecular weight excluding hydrogens is 196 g/mol. The fraction of sp³-hybridized carbons (Fsp3) is 0.200. The number of aryl methyl sites for hydroxylation is 1. The molecule has 14 heavy (non-hydrogen) atoms. The van der Waals surface area contributed by atoms with E-state index in [1.165, 1.54) is 0 Å². The number of aromatic nitrogens is 2. The van der Waals surface area contributed by atoms with E-state index in [2.05, 4.69) is 5.10 Å². The van der Waals surface area contributed by atoms with Crippen molar-refractivity contribution in [1.29, 1.82) is 0 Å². The monoisotopic (exact) mass is 206 g/mol. The number of carbonyl (C=O) groups is 1. The van der Waals surface area contributed by atoms with Crippen molar-refractivity contribution >= 4 is 17.1 Å². The van der Waals surface area contributed by atoms with Gasteiger partial charge in [-0.15, -0.1) is 11.3 Å². The first-order valence-electron chi connectivity index (χ1n) is 4.31. The molecule has 0 saturated carbocycles. The zero-order valence-corrected chi connectivity index (χ0v) is 8.62. The lowest BCUT2D eigenvalue weighted by molar-refractivity contribution is 0.0988. The Morgan fingerprint density at radius 2 is 2.43 bits per heavy atom. The third-order valence-corrected chi connectivity index (χ3v) is 2.79. The maximum Gasteiger partial charge on any atom is 0.188 e. The molecule has 0 unspecified atom stereocenters. The Hall–Kier alpha value is -1.42. The summed E-state index contributed by atoms with van der Waals surface area (Å²) in [6.45, 7) is 0. The van der Waals surface area contributed by atoms with Gasteiger partial charge >= 0.3 is 0 Å². The number of nitrogens with zero attached hydrogens (tertiary/aromatic N) is 2. The second kappa shape index (κ2) is 3.75. The van der Waals surface area contributed by atoms with E-state index in [4.69, 9.17) is 0 Å². The molecule has 0 fully saturated rings. The van der Waals surface area contributed by atoms with E-state index in [0.29, 0.717) is 12.1 Å². The Kier molecular flexibility index (Phi) is 2.45. The summed E-state index contributed by atoms with van der Waals surface area (Å²) in [5.74, 6) is 0.0769. The Morgan fingerprint density at radius 1 is 1.57 bits per heavy atom.